The van der Waals surface area contributed by atoms with Gasteiger partial charge in [0, 0.05) is 13.2 Å². The summed E-state index contributed by atoms with van der Waals surface area (Å²) in [5.41, 5.74) is 0. The molecule has 0 saturated heterocycles. The smallest absolute Gasteiger partial charge is 0.457 e. The average molecular weight is 227 g/mol. The third kappa shape index (κ3) is 5.38. The Bertz CT molecular complexity index is 176. The molecule has 0 aromatic heterocycles. The molecule has 0 spiro atoms. The van der Waals surface area contributed by atoms with Gasteiger partial charge >= 0.3 is 9.28 Å². The fourth-order valence-electron chi connectivity index (χ4n) is 1.91. The van der Waals surface area contributed by atoms with E-state index >= 15 is 0 Å². The van der Waals surface area contributed by atoms with Gasteiger partial charge in [-0.1, -0.05) is 32.6 Å². The number of hydrogen-bond donors (Lipinski definition) is 0. The third-order valence-corrected chi connectivity index (χ3v) is 4.53. The van der Waals surface area contributed by atoms with Crippen molar-refractivity contribution in [1.82, 2.24) is 0 Å². The summed E-state index contributed by atoms with van der Waals surface area (Å²) >= 11 is 0. The van der Waals surface area contributed by atoms with Crippen molar-refractivity contribution < 1.29 is 8.85 Å². The Hall–Kier alpha value is -0.283. The SMILES string of the molecule is CCCC[Si](OC)OC=CC1CCCC1. The van der Waals surface area contributed by atoms with Gasteiger partial charge in [0.1, 0.15) is 0 Å². The Kier molecular flexibility index (Phi) is 6.77. The summed E-state index contributed by atoms with van der Waals surface area (Å²) in [5, 5.41) is 0. The van der Waals surface area contributed by atoms with Crippen LogP contribution in [0.4, 0.5) is 0 Å². The van der Waals surface area contributed by atoms with Crippen LogP contribution in [0.5, 0.6) is 0 Å². The maximum absolute atomic E-state index is 5.65. The van der Waals surface area contributed by atoms with Gasteiger partial charge in [-0.3, -0.25) is 0 Å². The molecule has 1 aliphatic rings. The molecule has 3 heteroatoms. The van der Waals surface area contributed by atoms with Gasteiger partial charge < -0.3 is 8.85 Å². The van der Waals surface area contributed by atoms with Crippen molar-refractivity contribution in [3.05, 3.63) is 12.3 Å². The summed E-state index contributed by atoms with van der Waals surface area (Å²) < 4.78 is 11.0. The minimum atomic E-state index is -1.02. The number of hydrogen-bond acceptors (Lipinski definition) is 2. The molecule has 87 valence electrons. The Morgan fingerprint density at radius 3 is 2.67 bits per heavy atom. The third-order valence-electron chi connectivity index (χ3n) is 2.91. The first-order chi connectivity index (χ1) is 7.36. The molecule has 15 heavy (non-hydrogen) atoms. The molecule has 0 aromatic rings. The van der Waals surface area contributed by atoms with Gasteiger partial charge in [-0.2, -0.15) is 0 Å². The van der Waals surface area contributed by atoms with Crippen molar-refractivity contribution in [2.75, 3.05) is 7.11 Å². The Morgan fingerprint density at radius 2 is 2.07 bits per heavy atom. The summed E-state index contributed by atoms with van der Waals surface area (Å²) in [5.74, 6) is 0.760. The fourth-order valence-corrected chi connectivity index (χ4v) is 3.20. The summed E-state index contributed by atoms with van der Waals surface area (Å²) in [6, 6.07) is 1.09. The molecule has 1 aliphatic carbocycles. The van der Waals surface area contributed by atoms with E-state index in [2.05, 4.69) is 13.0 Å². The highest BCUT2D eigenvalue weighted by atomic mass is 28.3. The van der Waals surface area contributed by atoms with Gasteiger partial charge in [-0.15, -0.1) is 0 Å². The second-order valence-electron chi connectivity index (χ2n) is 4.17. The molecule has 0 unspecified atom stereocenters. The first kappa shape index (κ1) is 12.8. The van der Waals surface area contributed by atoms with E-state index in [1.54, 1.807) is 7.11 Å². The first-order valence-electron chi connectivity index (χ1n) is 6.10. The van der Waals surface area contributed by atoms with E-state index in [4.69, 9.17) is 8.85 Å². The van der Waals surface area contributed by atoms with Crippen LogP contribution in [0.15, 0.2) is 12.3 Å². The van der Waals surface area contributed by atoms with Crippen LogP contribution in [0.25, 0.3) is 0 Å². The van der Waals surface area contributed by atoms with Gasteiger partial charge in [0.25, 0.3) is 0 Å². The molecule has 1 saturated carbocycles. The molecule has 0 amide bonds. The Labute approximate surface area is 95.5 Å². The average Bonchev–Trinajstić information content (AvgIpc) is 2.76. The number of rotatable bonds is 7. The van der Waals surface area contributed by atoms with E-state index in [0.29, 0.717) is 0 Å². The van der Waals surface area contributed by atoms with Gasteiger partial charge in [-0.25, -0.2) is 0 Å². The lowest BCUT2D eigenvalue weighted by molar-refractivity contribution is 0.302. The minimum absolute atomic E-state index is 0.760. The summed E-state index contributed by atoms with van der Waals surface area (Å²) in [6.07, 6.45) is 12.0. The normalized spacial score (nSPS) is 18.1. The van der Waals surface area contributed by atoms with Crippen LogP contribution in [-0.4, -0.2) is 16.4 Å². The van der Waals surface area contributed by atoms with Gasteiger partial charge in [0.15, 0.2) is 0 Å². The lowest BCUT2D eigenvalue weighted by atomic mass is 10.1. The zero-order valence-corrected chi connectivity index (χ0v) is 11.0. The van der Waals surface area contributed by atoms with Crippen LogP contribution in [-0.2, 0) is 8.85 Å². The molecule has 0 aromatic carbocycles. The van der Waals surface area contributed by atoms with Crippen molar-refractivity contribution in [2.24, 2.45) is 5.92 Å². The highest BCUT2D eigenvalue weighted by molar-refractivity contribution is 6.44. The first-order valence-corrected chi connectivity index (χ1v) is 7.62. The number of allylic oxidation sites excluding steroid dienone is 1. The van der Waals surface area contributed by atoms with Crippen molar-refractivity contribution >= 4 is 9.28 Å². The van der Waals surface area contributed by atoms with Crippen LogP contribution in [0.3, 0.4) is 0 Å². The molecule has 0 bridgehead atoms. The Morgan fingerprint density at radius 1 is 1.33 bits per heavy atom. The molecular weight excluding hydrogens is 204 g/mol. The van der Waals surface area contributed by atoms with Crippen LogP contribution in [0.2, 0.25) is 6.04 Å². The molecule has 1 radical (unpaired) electrons. The summed E-state index contributed by atoms with van der Waals surface area (Å²) in [6.45, 7) is 2.20. The second-order valence-corrected chi connectivity index (χ2v) is 6.06. The molecule has 2 nitrogen and oxygen atoms in total. The quantitative estimate of drug-likeness (QED) is 0.488. The number of unbranched alkanes of at least 4 members (excludes halogenated alkanes) is 1. The maximum atomic E-state index is 5.65. The summed E-state index contributed by atoms with van der Waals surface area (Å²) in [7, 11) is 0.733. The van der Waals surface area contributed by atoms with Crippen LogP contribution < -0.4 is 0 Å². The zero-order chi connectivity index (χ0) is 10.9. The predicted molar refractivity (Wildman–Crippen MR) is 64.7 cm³/mol. The van der Waals surface area contributed by atoms with E-state index in [1.807, 2.05) is 6.26 Å². The van der Waals surface area contributed by atoms with Crippen LogP contribution in [0.1, 0.15) is 45.4 Å². The molecule has 1 rings (SSSR count). The fraction of sp³-hybridized carbons (Fsp3) is 0.833. The lowest BCUT2D eigenvalue weighted by Crippen LogP contribution is -2.17. The lowest BCUT2D eigenvalue weighted by Gasteiger charge is -2.10. The molecule has 0 aliphatic heterocycles. The van der Waals surface area contributed by atoms with E-state index < -0.39 is 9.28 Å². The van der Waals surface area contributed by atoms with Gasteiger partial charge in [-0.05, 0) is 24.8 Å². The molecule has 0 N–H and O–H groups in total. The zero-order valence-electron chi connectivity index (χ0n) is 10.00. The maximum Gasteiger partial charge on any atom is 0.457 e. The van der Waals surface area contributed by atoms with Crippen LogP contribution in [0, 0.1) is 5.92 Å². The van der Waals surface area contributed by atoms with Gasteiger partial charge in [0.05, 0.1) is 6.26 Å². The molecule has 1 fully saturated rings. The topological polar surface area (TPSA) is 18.5 Å². The van der Waals surface area contributed by atoms with Crippen molar-refractivity contribution in [2.45, 2.75) is 51.5 Å². The predicted octanol–water partition coefficient (Wildman–Crippen LogP) is 3.64. The monoisotopic (exact) mass is 227 g/mol. The summed E-state index contributed by atoms with van der Waals surface area (Å²) in [4.78, 5) is 0. The molecule has 0 heterocycles. The van der Waals surface area contributed by atoms with Gasteiger partial charge in [0.2, 0.25) is 0 Å². The van der Waals surface area contributed by atoms with E-state index in [-0.39, 0.29) is 0 Å². The largest absolute Gasteiger partial charge is 0.525 e. The highest BCUT2D eigenvalue weighted by Crippen LogP contribution is 2.25. The van der Waals surface area contributed by atoms with E-state index in [9.17, 15) is 0 Å². The van der Waals surface area contributed by atoms with E-state index in [1.165, 1.54) is 38.5 Å². The molecule has 0 atom stereocenters. The standard InChI is InChI=1S/C12H23O2Si/c1-3-4-11-15(13-2)14-10-9-12-7-5-6-8-12/h9-10,12H,3-8,11H2,1-2H3. The highest BCUT2D eigenvalue weighted by Gasteiger charge is 2.14. The minimum Gasteiger partial charge on any atom is -0.525 e. The van der Waals surface area contributed by atoms with Crippen molar-refractivity contribution in [3.8, 4) is 0 Å². The van der Waals surface area contributed by atoms with E-state index in [0.717, 1.165) is 12.0 Å². The Balaban J connectivity index is 2.14. The molecular formula is C12H23O2Si. The van der Waals surface area contributed by atoms with Crippen molar-refractivity contribution in [1.29, 1.82) is 0 Å². The van der Waals surface area contributed by atoms with Crippen molar-refractivity contribution in [3.63, 3.8) is 0 Å². The second kappa shape index (κ2) is 7.94. The van der Waals surface area contributed by atoms with Crippen LogP contribution >= 0.6 is 0 Å².